The van der Waals surface area contributed by atoms with Crippen LogP contribution in [-0.2, 0) is 4.79 Å². The van der Waals surface area contributed by atoms with Gasteiger partial charge in [-0.05, 0) is 86.0 Å². The Hall–Kier alpha value is -1.95. The van der Waals surface area contributed by atoms with Gasteiger partial charge in [-0.15, -0.1) is 0 Å². The molecule has 0 atom stereocenters. The van der Waals surface area contributed by atoms with Gasteiger partial charge >= 0.3 is 5.97 Å². The van der Waals surface area contributed by atoms with Gasteiger partial charge in [0, 0.05) is 6.42 Å². The molecule has 4 bridgehead atoms. The molecule has 1 aromatic carbocycles. The Kier molecular flexibility index (Phi) is 4.47. The average molecular weight is 372 g/mol. The van der Waals surface area contributed by atoms with Crippen molar-refractivity contribution in [3.8, 4) is 0 Å². The molecule has 5 rings (SSSR count). The van der Waals surface area contributed by atoms with Crippen LogP contribution in [0.1, 0.15) is 55.3 Å². The van der Waals surface area contributed by atoms with Crippen molar-refractivity contribution in [2.75, 3.05) is 5.32 Å². The number of hydrogen-bond acceptors (Lipinski definition) is 3. The molecule has 4 saturated carbocycles. The summed E-state index contributed by atoms with van der Waals surface area (Å²) >= 11 is 5.23. The van der Waals surface area contributed by atoms with Gasteiger partial charge in [-0.25, -0.2) is 4.79 Å². The number of para-hydroxylation sites is 1. The van der Waals surface area contributed by atoms with Crippen LogP contribution in [0.4, 0.5) is 5.69 Å². The molecule has 4 fully saturated rings. The topological polar surface area (TPSA) is 78.4 Å². The lowest BCUT2D eigenvalue weighted by molar-refractivity contribution is -0.127. The third kappa shape index (κ3) is 3.47. The lowest BCUT2D eigenvalue weighted by Crippen LogP contribution is -2.48. The predicted molar refractivity (Wildman–Crippen MR) is 103 cm³/mol. The molecule has 0 saturated heterocycles. The number of amides is 1. The minimum Gasteiger partial charge on any atom is -0.478 e. The zero-order chi connectivity index (χ0) is 18.3. The number of anilines is 1. The van der Waals surface area contributed by atoms with Crippen LogP contribution in [-0.4, -0.2) is 22.1 Å². The van der Waals surface area contributed by atoms with Crippen LogP contribution < -0.4 is 10.6 Å². The molecule has 6 heteroatoms. The largest absolute Gasteiger partial charge is 0.478 e. The van der Waals surface area contributed by atoms with Gasteiger partial charge in [0.05, 0.1) is 11.3 Å². The van der Waals surface area contributed by atoms with E-state index in [0.717, 1.165) is 17.8 Å². The van der Waals surface area contributed by atoms with Gasteiger partial charge in [0.25, 0.3) is 0 Å². The molecular formula is C20H24N2O3S. The summed E-state index contributed by atoms with van der Waals surface area (Å²) in [5, 5.41) is 15.0. The average Bonchev–Trinajstić information content (AvgIpc) is 2.52. The molecule has 1 amide bonds. The molecule has 1 aromatic rings. The Morgan fingerprint density at radius 3 is 2.23 bits per heavy atom. The molecule has 26 heavy (non-hydrogen) atoms. The first-order valence-electron chi connectivity index (χ1n) is 9.36. The quantitative estimate of drug-likeness (QED) is 0.701. The van der Waals surface area contributed by atoms with Crippen molar-refractivity contribution < 1.29 is 14.7 Å². The molecule has 0 heterocycles. The van der Waals surface area contributed by atoms with Crippen LogP contribution in [0.3, 0.4) is 0 Å². The Balaban J connectivity index is 1.37. The number of nitrogens with one attached hydrogen (secondary N) is 2. The Morgan fingerprint density at radius 2 is 1.65 bits per heavy atom. The first-order chi connectivity index (χ1) is 12.4. The summed E-state index contributed by atoms with van der Waals surface area (Å²) in [6.45, 7) is 0. The highest BCUT2D eigenvalue weighted by Crippen LogP contribution is 2.61. The molecule has 4 aliphatic carbocycles. The fraction of sp³-hybridized carbons (Fsp3) is 0.550. The van der Waals surface area contributed by atoms with Crippen LogP contribution in [0.25, 0.3) is 0 Å². The highest BCUT2D eigenvalue weighted by Gasteiger charge is 2.51. The standard InChI is InChI=1S/C20H24N2O3S/c23-17(11-20-8-12-5-13(9-20)7-14(6-12)10-20)22-19(26)21-16-4-2-1-3-15(16)18(24)25/h1-4,12-14H,5-11H2,(H,24,25)(H2,21,22,23,26). The van der Waals surface area contributed by atoms with Gasteiger partial charge < -0.3 is 15.7 Å². The van der Waals surface area contributed by atoms with Gasteiger partial charge in [-0.1, -0.05) is 12.1 Å². The number of aromatic carboxylic acids is 1. The summed E-state index contributed by atoms with van der Waals surface area (Å²) < 4.78 is 0. The minimum absolute atomic E-state index is 0.0581. The molecule has 3 N–H and O–H groups in total. The van der Waals surface area contributed by atoms with Gasteiger partial charge in [0.2, 0.25) is 5.91 Å². The van der Waals surface area contributed by atoms with Crippen molar-refractivity contribution in [3.63, 3.8) is 0 Å². The van der Waals surface area contributed by atoms with E-state index in [1.54, 1.807) is 18.2 Å². The van der Waals surface area contributed by atoms with E-state index >= 15 is 0 Å². The molecule has 0 spiro atoms. The summed E-state index contributed by atoms with van der Waals surface area (Å²) in [5.41, 5.74) is 0.679. The fourth-order valence-electron chi connectivity index (χ4n) is 5.95. The SMILES string of the molecule is O=C(CC12CC3CC(CC(C3)C1)C2)NC(=S)Nc1ccccc1C(=O)O. The van der Waals surface area contributed by atoms with Gasteiger partial charge in [-0.2, -0.15) is 0 Å². The number of hydrogen-bond donors (Lipinski definition) is 3. The van der Waals surface area contributed by atoms with Crippen LogP contribution in [0.15, 0.2) is 24.3 Å². The van der Waals surface area contributed by atoms with Crippen molar-refractivity contribution in [2.24, 2.45) is 23.2 Å². The van der Waals surface area contributed by atoms with E-state index in [1.807, 2.05) is 0 Å². The summed E-state index contributed by atoms with van der Waals surface area (Å²) in [7, 11) is 0. The van der Waals surface area contributed by atoms with E-state index in [9.17, 15) is 14.7 Å². The second kappa shape index (κ2) is 6.65. The Bertz CT molecular complexity index is 726. The summed E-state index contributed by atoms with van der Waals surface area (Å²) in [5.74, 6) is 1.33. The third-order valence-corrected chi connectivity index (χ3v) is 6.56. The first-order valence-corrected chi connectivity index (χ1v) is 9.76. The van der Waals surface area contributed by atoms with Crippen molar-refractivity contribution in [1.82, 2.24) is 5.32 Å². The maximum atomic E-state index is 12.6. The smallest absolute Gasteiger partial charge is 0.337 e. The molecule has 0 unspecified atom stereocenters. The van der Waals surface area contributed by atoms with Crippen molar-refractivity contribution in [3.05, 3.63) is 29.8 Å². The monoisotopic (exact) mass is 372 g/mol. The summed E-state index contributed by atoms with van der Waals surface area (Å²) in [4.78, 5) is 23.9. The normalized spacial score (nSPS) is 31.5. The summed E-state index contributed by atoms with van der Waals surface area (Å²) in [6, 6.07) is 6.53. The van der Waals surface area contributed by atoms with Gasteiger partial charge in [-0.3, -0.25) is 4.79 Å². The van der Waals surface area contributed by atoms with Crippen LogP contribution >= 0.6 is 12.2 Å². The number of benzene rings is 1. The zero-order valence-electron chi connectivity index (χ0n) is 14.7. The third-order valence-electron chi connectivity index (χ3n) is 6.36. The van der Waals surface area contributed by atoms with Crippen LogP contribution in [0, 0.1) is 23.2 Å². The van der Waals surface area contributed by atoms with Crippen molar-refractivity contribution >= 4 is 34.9 Å². The highest BCUT2D eigenvalue weighted by atomic mass is 32.1. The molecule has 5 nitrogen and oxygen atoms in total. The van der Waals surface area contributed by atoms with Crippen molar-refractivity contribution in [2.45, 2.75) is 44.9 Å². The van der Waals surface area contributed by atoms with Gasteiger partial charge in [0.15, 0.2) is 5.11 Å². The molecule has 0 radical (unpaired) electrons. The number of carbonyl (C=O) groups is 2. The van der Waals surface area contributed by atoms with E-state index in [4.69, 9.17) is 12.2 Å². The minimum atomic E-state index is -1.03. The molecule has 0 aromatic heterocycles. The highest BCUT2D eigenvalue weighted by molar-refractivity contribution is 7.80. The second-order valence-corrected chi connectivity index (χ2v) is 8.86. The number of carbonyl (C=O) groups excluding carboxylic acids is 1. The zero-order valence-corrected chi connectivity index (χ0v) is 15.5. The van der Waals surface area contributed by atoms with Crippen LogP contribution in [0.5, 0.6) is 0 Å². The maximum absolute atomic E-state index is 12.6. The Labute approximate surface area is 158 Å². The number of thiocarbonyl (C=S) groups is 1. The van der Waals surface area contributed by atoms with E-state index in [0.29, 0.717) is 12.1 Å². The molecule has 138 valence electrons. The van der Waals surface area contributed by atoms with Crippen LogP contribution in [0.2, 0.25) is 0 Å². The molecule has 4 aliphatic rings. The Morgan fingerprint density at radius 1 is 1.08 bits per heavy atom. The number of rotatable bonds is 4. The van der Waals surface area contributed by atoms with E-state index in [2.05, 4.69) is 10.6 Å². The second-order valence-electron chi connectivity index (χ2n) is 8.45. The maximum Gasteiger partial charge on any atom is 0.337 e. The molecule has 0 aliphatic heterocycles. The number of carboxylic acid groups (broad SMARTS) is 1. The van der Waals surface area contributed by atoms with Gasteiger partial charge in [0.1, 0.15) is 0 Å². The van der Waals surface area contributed by atoms with E-state index in [1.165, 1.54) is 44.6 Å². The first kappa shape index (κ1) is 17.5. The van der Waals surface area contributed by atoms with E-state index < -0.39 is 5.97 Å². The summed E-state index contributed by atoms with van der Waals surface area (Å²) in [6.07, 6.45) is 8.11. The predicted octanol–water partition coefficient (Wildman–Crippen LogP) is 3.80. The van der Waals surface area contributed by atoms with E-state index in [-0.39, 0.29) is 22.0 Å². The molecular weight excluding hydrogens is 348 g/mol. The lowest BCUT2D eigenvalue weighted by atomic mass is 9.49. The van der Waals surface area contributed by atoms with Crippen molar-refractivity contribution in [1.29, 1.82) is 0 Å². The lowest BCUT2D eigenvalue weighted by Gasteiger charge is -2.56. The number of carboxylic acids is 1. The fourth-order valence-corrected chi connectivity index (χ4v) is 6.17.